The third-order valence-electron chi connectivity index (χ3n) is 2.49. The van der Waals surface area contributed by atoms with E-state index in [1.54, 1.807) is 0 Å². The second-order valence-corrected chi connectivity index (χ2v) is 4.22. The molecule has 0 radical (unpaired) electrons. The number of carbonyl (C=O) groups is 1. The highest BCUT2D eigenvalue weighted by molar-refractivity contribution is 6.29. The van der Waals surface area contributed by atoms with Gasteiger partial charge in [-0.2, -0.15) is 0 Å². The maximum atomic E-state index is 11.5. The second-order valence-electron chi connectivity index (χ2n) is 3.83. The predicted molar refractivity (Wildman–Crippen MR) is 57.8 cm³/mol. The number of rotatable bonds is 4. The van der Waals surface area contributed by atoms with Crippen LogP contribution in [0.3, 0.4) is 0 Å². The van der Waals surface area contributed by atoms with Gasteiger partial charge in [0.1, 0.15) is 0 Å². The SMILES string of the molecule is CC(ONC(=O)c1ccc(Cl)nn1)C1CC1. The molecule has 1 atom stereocenters. The molecule has 6 heteroatoms. The highest BCUT2D eigenvalue weighted by Gasteiger charge is 2.29. The summed E-state index contributed by atoms with van der Waals surface area (Å²) in [7, 11) is 0. The number of hydrogen-bond donors (Lipinski definition) is 1. The largest absolute Gasteiger partial charge is 0.295 e. The molecule has 1 amide bonds. The lowest BCUT2D eigenvalue weighted by atomic mass is 10.3. The molecule has 1 aromatic heterocycles. The lowest BCUT2D eigenvalue weighted by Gasteiger charge is -2.11. The summed E-state index contributed by atoms with van der Waals surface area (Å²) in [6.07, 6.45) is 2.37. The maximum absolute atomic E-state index is 11.5. The van der Waals surface area contributed by atoms with Gasteiger partial charge in [-0.05, 0) is 37.8 Å². The van der Waals surface area contributed by atoms with E-state index >= 15 is 0 Å². The van der Waals surface area contributed by atoms with Gasteiger partial charge in [0.25, 0.3) is 5.91 Å². The van der Waals surface area contributed by atoms with Crippen LogP contribution in [-0.2, 0) is 4.84 Å². The number of halogens is 1. The van der Waals surface area contributed by atoms with E-state index in [0.29, 0.717) is 5.92 Å². The van der Waals surface area contributed by atoms with Crippen LogP contribution in [0.25, 0.3) is 0 Å². The van der Waals surface area contributed by atoms with Crippen LogP contribution in [-0.4, -0.2) is 22.2 Å². The molecule has 2 rings (SSSR count). The van der Waals surface area contributed by atoms with E-state index in [-0.39, 0.29) is 17.0 Å². The van der Waals surface area contributed by atoms with E-state index in [0.717, 1.165) is 12.8 Å². The summed E-state index contributed by atoms with van der Waals surface area (Å²) in [6, 6.07) is 3.00. The average Bonchev–Trinajstić information content (AvgIpc) is 3.10. The molecule has 1 heterocycles. The highest BCUT2D eigenvalue weighted by atomic mass is 35.5. The fourth-order valence-corrected chi connectivity index (χ4v) is 1.40. The van der Waals surface area contributed by atoms with E-state index < -0.39 is 5.91 Å². The molecule has 0 aliphatic heterocycles. The zero-order valence-corrected chi connectivity index (χ0v) is 9.57. The molecule has 1 fully saturated rings. The van der Waals surface area contributed by atoms with Gasteiger partial charge in [-0.25, -0.2) is 5.48 Å². The Kier molecular flexibility index (Phi) is 3.36. The molecule has 86 valence electrons. The monoisotopic (exact) mass is 241 g/mol. The highest BCUT2D eigenvalue weighted by Crippen LogP contribution is 2.33. The van der Waals surface area contributed by atoms with Crippen molar-refractivity contribution < 1.29 is 9.63 Å². The Morgan fingerprint density at radius 1 is 1.56 bits per heavy atom. The maximum Gasteiger partial charge on any atom is 0.295 e. The first-order valence-corrected chi connectivity index (χ1v) is 5.50. The number of nitrogens with one attached hydrogen (secondary N) is 1. The van der Waals surface area contributed by atoms with Crippen LogP contribution in [0.1, 0.15) is 30.3 Å². The quantitative estimate of drug-likeness (QED) is 0.813. The van der Waals surface area contributed by atoms with Crippen molar-refractivity contribution in [1.82, 2.24) is 15.7 Å². The van der Waals surface area contributed by atoms with E-state index in [1.165, 1.54) is 12.1 Å². The van der Waals surface area contributed by atoms with E-state index in [2.05, 4.69) is 15.7 Å². The molecular weight excluding hydrogens is 230 g/mol. The lowest BCUT2D eigenvalue weighted by molar-refractivity contribution is -0.0173. The summed E-state index contributed by atoms with van der Waals surface area (Å²) < 4.78 is 0. The Morgan fingerprint density at radius 2 is 2.31 bits per heavy atom. The van der Waals surface area contributed by atoms with Crippen LogP contribution in [0.4, 0.5) is 0 Å². The molecule has 5 nitrogen and oxygen atoms in total. The molecule has 16 heavy (non-hydrogen) atoms. The van der Waals surface area contributed by atoms with Crippen LogP contribution < -0.4 is 5.48 Å². The van der Waals surface area contributed by atoms with Crippen LogP contribution in [0.5, 0.6) is 0 Å². The number of amides is 1. The number of hydrogen-bond acceptors (Lipinski definition) is 4. The first kappa shape index (κ1) is 11.3. The summed E-state index contributed by atoms with van der Waals surface area (Å²) in [5.41, 5.74) is 2.54. The van der Waals surface area contributed by atoms with Crippen molar-refractivity contribution in [3.63, 3.8) is 0 Å². The molecule has 1 N–H and O–H groups in total. The minimum atomic E-state index is -0.406. The number of hydroxylamine groups is 1. The van der Waals surface area contributed by atoms with Crippen molar-refractivity contribution in [2.24, 2.45) is 5.92 Å². The van der Waals surface area contributed by atoms with Gasteiger partial charge in [-0.15, -0.1) is 10.2 Å². The van der Waals surface area contributed by atoms with Gasteiger partial charge in [0.05, 0.1) is 6.10 Å². The minimum Gasteiger partial charge on any atom is -0.270 e. The molecule has 1 aliphatic carbocycles. The molecule has 0 spiro atoms. The summed E-state index contributed by atoms with van der Waals surface area (Å²) in [4.78, 5) is 16.7. The molecular formula is C10H12ClN3O2. The molecule has 0 aromatic carbocycles. The van der Waals surface area contributed by atoms with Crippen molar-refractivity contribution in [3.8, 4) is 0 Å². The fourth-order valence-electron chi connectivity index (χ4n) is 1.30. The molecule has 0 saturated heterocycles. The zero-order valence-electron chi connectivity index (χ0n) is 8.81. The van der Waals surface area contributed by atoms with Crippen LogP contribution in [0.15, 0.2) is 12.1 Å². The van der Waals surface area contributed by atoms with Gasteiger partial charge < -0.3 is 0 Å². The van der Waals surface area contributed by atoms with Gasteiger partial charge in [0, 0.05) is 0 Å². The molecule has 1 aliphatic rings. The Morgan fingerprint density at radius 3 is 2.88 bits per heavy atom. The van der Waals surface area contributed by atoms with Gasteiger partial charge >= 0.3 is 0 Å². The van der Waals surface area contributed by atoms with Gasteiger partial charge in [-0.3, -0.25) is 9.63 Å². The van der Waals surface area contributed by atoms with E-state index in [1.807, 2.05) is 6.92 Å². The smallest absolute Gasteiger partial charge is 0.270 e. The molecule has 1 aromatic rings. The first-order valence-electron chi connectivity index (χ1n) is 5.12. The second kappa shape index (κ2) is 4.76. The van der Waals surface area contributed by atoms with Crippen LogP contribution in [0, 0.1) is 5.92 Å². The van der Waals surface area contributed by atoms with Gasteiger partial charge in [0.15, 0.2) is 10.8 Å². The summed E-state index contributed by atoms with van der Waals surface area (Å²) in [5.74, 6) is 0.160. The normalized spacial score (nSPS) is 16.9. The van der Waals surface area contributed by atoms with Gasteiger partial charge in [0.2, 0.25) is 0 Å². The summed E-state index contributed by atoms with van der Waals surface area (Å²) >= 11 is 5.56. The van der Waals surface area contributed by atoms with Crippen molar-refractivity contribution >= 4 is 17.5 Å². The van der Waals surface area contributed by atoms with Crippen LogP contribution >= 0.6 is 11.6 Å². The van der Waals surface area contributed by atoms with Crippen molar-refractivity contribution in [3.05, 3.63) is 23.0 Å². The molecule has 1 unspecified atom stereocenters. The van der Waals surface area contributed by atoms with Crippen molar-refractivity contribution in [2.75, 3.05) is 0 Å². The fraction of sp³-hybridized carbons (Fsp3) is 0.500. The lowest BCUT2D eigenvalue weighted by Crippen LogP contribution is -2.29. The summed E-state index contributed by atoms with van der Waals surface area (Å²) in [6.45, 7) is 1.94. The third kappa shape index (κ3) is 2.90. The average molecular weight is 242 g/mol. The molecule has 0 bridgehead atoms. The Balaban J connectivity index is 1.85. The topological polar surface area (TPSA) is 64.1 Å². The Hall–Kier alpha value is -1.20. The summed E-state index contributed by atoms with van der Waals surface area (Å²) in [5, 5.41) is 7.47. The van der Waals surface area contributed by atoms with Crippen LogP contribution in [0.2, 0.25) is 5.15 Å². The Labute approximate surface area is 98.1 Å². The van der Waals surface area contributed by atoms with Crippen molar-refractivity contribution in [2.45, 2.75) is 25.9 Å². The molecule has 1 saturated carbocycles. The zero-order chi connectivity index (χ0) is 11.5. The number of nitrogens with zero attached hydrogens (tertiary/aromatic N) is 2. The Bertz CT molecular complexity index is 378. The van der Waals surface area contributed by atoms with E-state index in [9.17, 15) is 4.79 Å². The standard InChI is InChI=1S/C10H12ClN3O2/c1-6(7-2-3-7)16-14-10(15)8-4-5-9(11)13-12-8/h4-7H,2-3H2,1H3,(H,14,15). The number of aromatic nitrogens is 2. The number of carbonyl (C=O) groups excluding carboxylic acids is 1. The van der Waals surface area contributed by atoms with Crippen molar-refractivity contribution in [1.29, 1.82) is 0 Å². The minimum absolute atomic E-state index is 0.0456. The van der Waals surface area contributed by atoms with E-state index in [4.69, 9.17) is 16.4 Å². The predicted octanol–water partition coefficient (Wildman–Crippen LogP) is 1.59. The van der Waals surface area contributed by atoms with Gasteiger partial charge in [-0.1, -0.05) is 11.6 Å². The first-order chi connectivity index (χ1) is 7.66. The third-order valence-corrected chi connectivity index (χ3v) is 2.69.